The van der Waals surface area contributed by atoms with E-state index in [9.17, 15) is 9.59 Å². The molecule has 4 rings (SSSR count). The molecule has 7 heteroatoms. The minimum absolute atomic E-state index is 0.172. The molecule has 0 unspecified atom stereocenters. The summed E-state index contributed by atoms with van der Waals surface area (Å²) in [6.07, 6.45) is 0. The van der Waals surface area contributed by atoms with E-state index in [1.54, 1.807) is 0 Å². The second kappa shape index (κ2) is 6.92. The van der Waals surface area contributed by atoms with E-state index < -0.39 is 11.2 Å². The zero-order valence-electron chi connectivity index (χ0n) is 16.0. The zero-order valence-corrected chi connectivity index (χ0v) is 16.0. The highest BCUT2D eigenvalue weighted by molar-refractivity contribution is 5.81. The van der Waals surface area contributed by atoms with Crippen molar-refractivity contribution in [2.24, 2.45) is 0 Å². The van der Waals surface area contributed by atoms with Crippen molar-refractivity contribution in [2.45, 2.75) is 27.3 Å². The number of rotatable bonds is 4. The number of hydrogen-bond donors (Lipinski definition) is 2. The molecule has 2 aromatic carbocycles. The van der Waals surface area contributed by atoms with Crippen LogP contribution in [0.3, 0.4) is 0 Å². The summed E-state index contributed by atoms with van der Waals surface area (Å²) in [6, 6.07) is 12.1. The Morgan fingerprint density at radius 1 is 1.04 bits per heavy atom. The standard InChI is InChI=1S/C21H21N5O2/c1-12-5-4-6-15(9-12)22-7-8-26-17-11-14(3)13(2)10-16(17)23-18-19(26)24-21(28)25-20(18)27/h4-6,9-11,22H,7-8H2,1-3H3,(H,25,27,28). The van der Waals surface area contributed by atoms with Gasteiger partial charge in [0.25, 0.3) is 5.56 Å². The van der Waals surface area contributed by atoms with E-state index in [-0.39, 0.29) is 5.69 Å². The highest BCUT2D eigenvalue weighted by Gasteiger charge is 2.19. The molecule has 0 fully saturated rings. The molecule has 0 saturated heterocycles. The van der Waals surface area contributed by atoms with Gasteiger partial charge in [-0.25, -0.2) is 9.78 Å². The molecule has 2 aliphatic heterocycles. The van der Waals surface area contributed by atoms with Crippen LogP contribution in [0.2, 0.25) is 0 Å². The predicted octanol–water partition coefficient (Wildman–Crippen LogP) is 2.62. The quantitative estimate of drug-likeness (QED) is 0.535. The number of anilines is 1. The maximum Gasteiger partial charge on any atom is 0.349 e. The molecule has 0 saturated carbocycles. The third-order valence-corrected chi connectivity index (χ3v) is 4.91. The molecule has 2 heterocycles. The number of H-pyrrole nitrogens is 1. The Labute approximate surface area is 161 Å². The Balaban J connectivity index is 1.82. The van der Waals surface area contributed by atoms with Gasteiger partial charge in [0.05, 0.1) is 11.0 Å². The van der Waals surface area contributed by atoms with Crippen molar-refractivity contribution in [3.63, 3.8) is 0 Å². The summed E-state index contributed by atoms with van der Waals surface area (Å²) in [7, 11) is 0. The van der Waals surface area contributed by atoms with Gasteiger partial charge < -0.3 is 9.88 Å². The monoisotopic (exact) mass is 375 g/mol. The second-order valence-electron chi connectivity index (χ2n) is 7.03. The Morgan fingerprint density at radius 2 is 1.82 bits per heavy atom. The highest BCUT2D eigenvalue weighted by atomic mass is 16.2. The number of hydrogen-bond acceptors (Lipinski definition) is 5. The molecular weight excluding hydrogens is 354 g/mol. The summed E-state index contributed by atoms with van der Waals surface area (Å²) in [5.74, 6) is 0.301. The fourth-order valence-corrected chi connectivity index (χ4v) is 3.34. The van der Waals surface area contributed by atoms with Crippen LogP contribution in [-0.2, 0) is 6.54 Å². The van der Waals surface area contributed by atoms with Crippen LogP contribution in [0.15, 0.2) is 46.0 Å². The molecule has 142 valence electrons. The maximum atomic E-state index is 12.3. The molecule has 0 aromatic heterocycles. The molecule has 2 aromatic rings. The number of nitrogens with zero attached hydrogens (tertiary/aromatic N) is 3. The highest BCUT2D eigenvalue weighted by Crippen LogP contribution is 2.23. The van der Waals surface area contributed by atoms with Gasteiger partial charge in [0, 0.05) is 18.8 Å². The second-order valence-corrected chi connectivity index (χ2v) is 7.03. The summed E-state index contributed by atoms with van der Waals surface area (Å²) in [6.45, 7) is 7.22. The Kier molecular flexibility index (Phi) is 4.43. The first-order valence-electron chi connectivity index (χ1n) is 9.15. The van der Waals surface area contributed by atoms with E-state index in [4.69, 9.17) is 0 Å². The summed E-state index contributed by atoms with van der Waals surface area (Å²) < 4.78 is 1.89. The summed E-state index contributed by atoms with van der Waals surface area (Å²) in [5, 5.41) is 3.39. The number of fused-ring (bicyclic) bond motifs is 2. The SMILES string of the molecule is Cc1cccc(NCCn2c3nc(=O)[nH]c(=O)c-3nc3cc(C)c(C)cc32)c1. The molecule has 0 amide bonds. The number of aromatic nitrogens is 4. The average Bonchev–Trinajstić information content (AvgIpc) is 2.63. The van der Waals surface area contributed by atoms with Gasteiger partial charge in [-0.05, 0) is 61.7 Å². The molecule has 0 radical (unpaired) electrons. The van der Waals surface area contributed by atoms with Crippen LogP contribution in [0.5, 0.6) is 0 Å². The molecule has 0 aliphatic carbocycles. The van der Waals surface area contributed by atoms with Crippen molar-refractivity contribution < 1.29 is 0 Å². The van der Waals surface area contributed by atoms with Gasteiger partial charge in [-0.1, -0.05) is 12.1 Å². The van der Waals surface area contributed by atoms with Crippen molar-refractivity contribution in [1.82, 2.24) is 19.5 Å². The van der Waals surface area contributed by atoms with E-state index in [1.807, 2.05) is 55.7 Å². The minimum Gasteiger partial charge on any atom is -0.383 e. The fraction of sp³-hybridized carbons (Fsp3) is 0.238. The Bertz CT molecular complexity index is 1270. The van der Waals surface area contributed by atoms with Crippen LogP contribution in [-0.4, -0.2) is 26.1 Å². The van der Waals surface area contributed by atoms with Gasteiger partial charge in [-0.15, -0.1) is 0 Å². The molecule has 2 aliphatic rings. The van der Waals surface area contributed by atoms with Crippen molar-refractivity contribution in [3.05, 3.63) is 73.9 Å². The molecule has 2 N–H and O–H groups in total. The van der Waals surface area contributed by atoms with Gasteiger partial charge in [0.2, 0.25) is 0 Å². The van der Waals surface area contributed by atoms with Crippen LogP contribution in [0.1, 0.15) is 16.7 Å². The van der Waals surface area contributed by atoms with Crippen LogP contribution in [0, 0.1) is 20.8 Å². The Hall–Kier alpha value is -3.48. The molecule has 28 heavy (non-hydrogen) atoms. The predicted molar refractivity (Wildman–Crippen MR) is 110 cm³/mol. The molecule has 0 spiro atoms. The van der Waals surface area contributed by atoms with E-state index in [2.05, 4.69) is 26.3 Å². The van der Waals surface area contributed by atoms with Crippen LogP contribution in [0.4, 0.5) is 5.69 Å². The molecule has 0 bridgehead atoms. The summed E-state index contributed by atoms with van der Waals surface area (Å²) in [4.78, 5) is 34.8. The lowest BCUT2D eigenvalue weighted by Gasteiger charge is -2.18. The van der Waals surface area contributed by atoms with Crippen LogP contribution in [0.25, 0.3) is 22.6 Å². The van der Waals surface area contributed by atoms with Gasteiger partial charge >= 0.3 is 5.69 Å². The van der Waals surface area contributed by atoms with Gasteiger partial charge in [0.15, 0.2) is 11.5 Å². The fourth-order valence-electron chi connectivity index (χ4n) is 3.34. The smallest absolute Gasteiger partial charge is 0.349 e. The van der Waals surface area contributed by atoms with Gasteiger partial charge in [-0.2, -0.15) is 4.98 Å². The van der Waals surface area contributed by atoms with E-state index >= 15 is 0 Å². The lowest BCUT2D eigenvalue weighted by atomic mass is 10.1. The average molecular weight is 375 g/mol. The van der Waals surface area contributed by atoms with Crippen molar-refractivity contribution in [3.8, 4) is 11.5 Å². The van der Waals surface area contributed by atoms with Crippen molar-refractivity contribution >= 4 is 16.7 Å². The number of aryl methyl sites for hydroxylation is 3. The first-order chi connectivity index (χ1) is 13.4. The normalized spacial score (nSPS) is 11.2. The lowest BCUT2D eigenvalue weighted by molar-refractivity contribution is 0.729. The minimum atomic E-state index is -0.664. The number of benzene rings is 2. The topological polar surface area (TPSA) is 92.7 Å². The number of nitrogens with one attached hydrogen (secondary N) is 2. The zero-order chi connectivity index (χ0) is 19.8. The number of aromatic amines is 1. The third-order valence-electron chi connectivity index (χ3n) is 4.91. The third kappa shape index (κ3) is 3.26. The summed E-state index contributed by atoms with van der Waals surface area (Å²) >= 11 is 0. The molecule has 0 atom stereocenters. The lowest BCUT2D eigenvalue weighted by Crippen LogP contribution is -2.29. The van der Waals surface area contributed by atoms with Crippen LogP contribution < -0.4 is 16.6 Å². The molecule has 7 nitrogen and oxygen atoms in total. The van der Waals surface area contributed by atoms with E-state index in [0.717, 1.165) is 22.3 Å². The largest absolute Gasteiger partial charge is 0.383 e. The summed E-state index contributed by atoms with van der Waals surface area (Å²) in [5.41, 5.74) is 4.94. The van der Waals surface area contributed by atoms with Crippen molar-refractivity contribution in [1.29, 1.82) is 0 Å². The van der Waals surface area contributed by atoms with Gasteiger partial charge in [0.1, 0.15) is 0 Å². The van der Waals surface area contributed by atoms with Gasteiger partial charge in [-0.3, -0.25) is 9.78 Å². The Morgan fingerprint density at radius 3 is 2.61 bits per heavy atom. The first kappa shape index (κ1) is 17.9. The first-order valence-corrected chi connectivity index (χ1v) is 9.15. The maximum absolute atomic E-state index is 12.3. The van der Waals surface area contributed by atoms with Crippen LogP contribution >= 0.6 is 0 Å². The molecular formula is C21H21N5O2. The van der Waals surface area contributed by atoms with E-state index in [0.29, 0.717) is 24.4 Å². The van der Waals surface area contributed by atoms with Crippen molar-refractivity contribution in [2.75, 3.05) is 11.9 Å². The van der Waals surface area contributed by atoms with E-state index in [1.165, 1.54) is 5.56 Å².